The van der Waals surface area contributed by atoms with Crippen molar-refractivity contribution in [3.8, 4) is 5.69 Å². The van der Waals surface area contributed by atoms with Gasteiger partial charge in [0.1, 0.15) is 12.1 Å². The number of halogens is 2. The van der Waals surface area contributed by atoms with E-state index in [4.69, 9.17) is 5.73 Å². The Morgan fingerprint density at radius 3 is 2.76 bits per heavy atom. The molecule has 0 bridgehead atoms. The smallest absolute Gasteiger partial charge is 0.231 e. The number of rotatable bonds is 10. The van der Waals surface area contributed by atoms with Crippen LogP contribution in [0.3, 0.4) is 0 Å². The third-order valence-corrected chi connectivity index (χ3v) is 7.29. The van der Waals surface area contributed by atoms with Crippen LogP contribution in [0.1, 0.15) is 31.7 Å². The van der Waals surface area contributed by atoms with E-state index in [1.807, 2.05) is 4.90 Å². The van der Waals surface area contributed by atoms with Crippen molar-refractivity contribution in [3.05, 3.63) is 60.2 Å². The molecule has 12 heteroatoms. The largest absolute Gasteiger partial charge is 0.388 e. The maximum atomic E-state index is 15.7. The molecule has 3 heterocycles. The zero-order chi connectivity index (χ0) is 26.9. The van der Waals surface area contributed by atoms with Crippen LogP contribution in [0.2, 0.25) is 0 Å². The summed E-state index contributed by atoms with van der Waals surface area (Å²) in [5.74, 6) is -1.50. The summed E-state index contributed by atoms with van der Waals surface area (Å²) in [6, 6.07) is 6.70. The first-order chi connectivity index (χ1) is 18.2. The fourth-order valence-electron chi connectivity index (χ4n) is 5.07. The number of carbonyl (C=O) groups excluding carboxylic acids is 1. The minimum atomic E-state index is -1.09. The SMILES string of the molecule is C[C@]1(O)CN(CC(N)=O)CC[C@H]1CNc1ncnc(N(Cc2ccc(-n3cccn3)cc2F)C2CC2)c1F. The van der Waals surface area contributed by atoms with Crippen molar-refractivity contribution in [1.29, 1.82) is 0 Å². The van der Waals surface area contributed by atoms with Crippen LogP contribution in [0.4, 0.5) is 20.4 Å². The molecule has 2 aromatic heterocycles. The molecular weight excluding hydrogens is 494 g/mol. The Kier molecular flexibility index (Phi) is 7.26. The lowest BCUT2D eigenvalue weighted by atomic mass is 9.82. The van der Waals surface area contributed by atoms with Gasteiger partial charge in [0.15, 0.2) is 11.6 Å². The molecule has 0 spiro atoms. The summed E-state index contributed by atoms with van der Waals surface area (Å²) in [4.78, 5) is 23.1. The number of primary amides is 1. The second kappa shape index (κ2) is 10.6. The summed E-state index contributed by atoms with van der Waals surface area (Å²) in [7, 11) is 0. The number of piperidine rings is 1. The molecule has 0 radical (unpaired) electrons. The highest BCUT2D eigenvalue weighted by atomic mass is 19.1. The number of hydrogen-bond donors (Lipinski definition) is 3. The van der Waals surface area contributed by atoms with E-state index in [0.717, 1.165) is 12.8 Å². The number of β-amino-alcohol motifs (C(OH)–C–C–N with tert-alkyl or cyclic N) is 1. The topological polar surface area (TPSA) is 125 Å². The first kappa shape index (κ1) is 26.0. The molecule has 3 aromatic rings. The van der Waals surface area contributed by atoms with Crippen LogP contribution in [0.15, 0.2) is 43.0 Å². The van der Waals surface area contributed by atoms with Crippen molar-refractivity contribution in [2.24, 2.45) is 11.7 Å². The first-order valence-corrected chi connectivity index (χ1v) is 12.7. The Bertz CT molecular complexity index is 1280. The highest BCUT2D eigenvalue weighted by Crippen LogP contribution is 2.35. The average molecular weight is 527 g/mol. The van der Waals surface area contributed by atoms with E-state index < -0.39 is 23.1 Å². The number of benzene rings is 1. The molecule has 1 aromatic carbocycles. The first-order valence-electron chi connectivity index (χ1n) is 12.7. The van der Waals surface area contributed by atoms with Crippen molar-refractivity contribution >= 4 is 17.5 Å². The van der Waals surface area contributed by atoms with Gasteiger partial charge in [-0.3, -0.25) is 9.69 Å². The normalized spacial score (nSPS) is 21.8. The number of nitrogens with zero attached hydrogens (tertiary/aromatic N) is 6. The third kappa shape index (κ3) is 5.76. The van der Waals surface area contributed by atoms with Gasteiger partial charge in [0, 0.05) is 49.6 Å². The summed E-state index contributed by atoms with van der Waals surface area (Å²) >= 11 is 0. The highest BCUT2D eigenvalue weighted by Gasteiger charge is 2.38. The van der Waals surface area contributed by atoms with Gasteiger partial charge in [0.2, 0.25) is 11.7 Å². The van der Waals surface area contributed by atoms with E-state index in [2.05, 4.69) is 20.4 Å². The predicted molar refractivity (Wildman–Crippen MR) is 138 cm³/mol. The van der Waals surface area contributed by atoms with E-state index in [1.165, 1.54) is 12.4 Å². The Morgan fingerprint density at radius 2 is 2.11 bits per heavy atom. The number of anilines is 2. The van der Waals surface area contributed by atoms with E-state index >= 15 is 8.78 Å². The zero-order valence-electron chi connectivity index (χ0n) is 21.2. The van der Waals surface area contributed by atoms with Gasteiger partial charge in [-0.1, -0.05) is 6.07 Å². The van der Waals surface area contributed by atoms with Gasteiger partial charge >= 0.3 is 0 Å². The van der Waals surface area contributed by atoms with Crippen LogP contribution in [-0.2, 0) is 11.3 Å². The number of nitrogens with one attached hydrogen (secondary N) is 1. The number of nitrogens with two attached hydrogens (primary N) is 1. The van der Waals surface area contributed by atoms with Crippen LogP contribution in [0.25, 0.3) is 5.69 Å². The molecule has 1 aliphatic heterocycles. The van der Waals surface area contributed by atoms with Gasteiger partial charge < -0.3 is 21.1 Å². The Hall–Kier alpha value is -3.64. The van der Waals surface area contributed by atoms with E-state index in [0.29, 0.717) is 30.8 Å². The lowest BCUT2D eigenvalue weighted by molar-refractivity contribution is -0.121. The lowest BCUT2D eigenvalue weighted by Gasteiger charge is -2.42. The van der Waals surface area contributed by atoms with Crippen LogP contribution in [-0.4, -0.2) is 73.5 Å². The predicted octanol–water partition coefficient (Wildman–Crippen LogP) is 2.08. The second-order valence-electron chi connectivity index (χ2n) is 10.3. The molecular formula is C26H32F2N8O2. The standard InChI is InChI=1S/C26H32F2N8O2/c1-26(38)15-34(14-22(29)37)10-7-18(26)12-30-24-23(28)25(32-16-31-24)35(19-5-6-19)13-17-3-4-20(11-21(17)27)36-9-2-8-33-36/h2-4,8-9,11,16,18-19,38H,5-7,10,12-15H2,1H3,(H2,29,37)(H,30,31,32)/t18-,26-/m0/s1. The fourth-order valence-corrected chi connectivity index (χ4v) is 5.07. The molecule has 4 N–H and O–H groups in total. The molecule has 2 fully saturated rings. The van der Waals surface area contributed by atoms with Gasteiger partial charge in [0.25, 0.3) is 0 Å². The lowest BCUT2D eigenvalue weighted by Crippen LogP contribution is -2.55. The van der Waals surface area contributed by atoms with E-state index in [9.17, 15) is 9.90 Å². The van der Waals surface area contributed by atoms with Gasteiger partial charge in [-0.25, -0.2) is 19.0 Å². The van der Waals surface area contributed by atoms with Crippen LogP contribution in [0.5, 0.6) is 0 Å². The molecule has 1 aliphatic carbocycles. The molecule has 1 saturated carbocycles. The van der Waals surface area contributed by atoms with E-state index in [-0.39, 0.29) is 43.2 Å². The minimum Gasteiger partial charge on any atom is -0.388 e. The van der Waals surface area contributed by atoms with Gasteiger partial charge in [0.05, 0.1) is 17.8 Å². The summed E-state index contributed by atoms with van der Waals surface area (Å²) in [5.41, 5.74) is 5.23. The van der Waals surface area contributed by atoms with Crippen LogP contribution in [0, 0.1) is 17.6 Å². The summed E-state index contributed by atoms with van der Waals surface area (Å²) in [6.45, 7) is 3.14. The van der Waals surface area contributed by atoms with Crippen molar-refractivity contribution in [2.45, 2.75) is 44.4 Å². The Morgan fingerprint density at radius 1 is 1.29 bits per heavy atom. The van der Waals surface area contributed by atoms with Crippen molar-refractivity contribution in [3.63, 3.8) is 0 Å². The molecule has 5 rings (SSSR count). The quantitative estimate of drug-likeness (QED) is 0.367. The monoisotopic (exact) mass is 526 g/mol. The number of hydrogen-bond acceptors (Lipinski definition) is 8. The number of aliphatic hydroxyl groups is 1. The zero-order valence-corrected chi connectivity index (χ0v) is 21.2. The second-order valence-corrected chi connectivity index (χ2v) is 10.3. The summed E-state index contributed by atoms with van der Waals surface area (Å²) in [6.07, 6.45) is 6.99. The Labute approximate surface area is 219 Å². The fraction of sp³-hybridized carbons (Fsp3) is 0.462. The molecule has 202 valence electrons. The molecule has 1 amide bonds. The number of likely N-dealkylation sites (tertiary alicyclic amines) is 1. The van der Waals surface area contributed by atoms with E-state index in [1.54, 1.807) is 47.1 Å². The Balaban J connectivity index is 1.29. The van der Waals surface area contributed by atoms with Crippen molar-refractivity contribution in [2.75, 3.05) is 36.4 Å². The molecule has 2 aliphatic rings. The maximum absolute atomic E-state index is 15.7. The van der Waals surface area contributed by atoms with Crippen LogP contribution < -0.4 is 16.0 Å². The number of amides is 1. The molecule has 38 heavy (non-hydrogen) atoms. The van der Waals surface area contributed by atoms with Gasteiger partial charge in [-0.05, 0) is 50.9 Å². The molecule has 2 atom stereocenters. The number of carbonyl (C=O) groups is 1. The average Bonchev–Trinajstić information content (AvgIpc) is 3.55. The third-order valence-electron chi connectivity index (χ3n) is 7.29. The van der Waals surface area contributed by atoms with Crippen molar-refractivity contribution in [1.82, 2.24) is 24.6 Å². The van der Waals surface area contributed by atoms with Gasteiger partial charge in [-0.2, -0.15) is 9.49 Å². The highest BCUT2D eigenvalue weighted by molar-refractivity contribution is 5.75. The maximum Gasteiger partial charge on any atom is 0.231 e. The number of aromatic nitrogens is 4. The summed E-state index contributed by atoms with van der Waals surface area (Å²) < 4.78 is 32.3. The molecule has 10 nitrogen and oxygen atoms in total. The van der Waals surface area contributed by atoms with Crippen molar-refractivity contribution < 1.29 is 18.7 Å². The molecule has 0 unspecified atom stereocenters. The summed E-state index contributed by atoms with van der Waals surface area (Å²) in [5, 5.41) is 18.1. The minimum absolute atomic E-state index is 0.0329. The van der Waals surface area contributed by atoms with Gasteiger partial charge in [-0.15, -0.1) is 0 Å². The van der Waals surface area contributed by atoms with Crippen LogP contribution >= 0.6 is 0 Å². The molecule has 1 saturated heterocycles.